The molecule has 0 saturated carbocycles. The first-order valence-electron chi connectivity index (χ1n) is 8.43. The van der Waals surface area contributed by atoms with Crippen LogP contribution in [0.2, 0.25) is 0 Å². The number of piperazine rings is 1. The number of halogens is 1. The average molecular weight is 416 g/mol. The molecule has 0 unspecified atom stereocenters. The minimum atomic E-state index is -1.06. The van der Waals surface area contributed by atoms with Crippen LogP contribution in [0.1, 0.15) is 16.1 Å². The van der Waals surface area contributed by atoms with E-state index in [2.05, 4.69) is 42.8 Å². The van der Waals surface area contributed by atoms with Gasteiger partial charge in [-0.25, -0.2) is 4.79 Å². The van der Waals surface area contributed by atoms with Crippen LogP contribution in [0.4, 0.5) is 5.69 Å². The summed E-state index contributed by atoms with van der Waals surface area (Å²) in [5.41, 5.74) is 2.92. The number of carboxylic acids is 1. The van der Waals surface area contributed by atoms with Crippen molar-refractivity contribution in [3.8, 4) is 0 Å². The van der Waals surface area contributed by atoms with E-state index >= 15 is 0 Å². The second-order valence-corrected chi connectivity index (χ2v) is 7.14. The summed E-state index contributed by atoms with van der Waals surface area (Å²) in [5, 5.41) is 9.91. The Morgan fingerprint density at radius 3 is 2.58 bits per heavy atom. The molecule has 3 heterocycles. The summed E-state index contributed by atoms with van der Waals surface area (Å²) in [7, 11) is 0. The highest BCUT2D eigenvalue weighted by molar-refractivity contribution is 9.10. The first-order chi connectivity index (χ1) is 12.6. The van der Waals surface area contributed by atoms with Crippen LogP contribution in [-0.4, -0.2) is 47.1 Å². The number of furan rings is 1. The first-order valence-corrected chi connectivity index (χ1v) is 9.22. The molecule has 1 fully saturated rings. The molecule has 1 saturated heterocycles. The Morgan fingerprint density at radius 1 is 1.15 bits per heavy atom. The number of hydrogen-bond donors (Lipinski definition) is 1. The molecular weight excluding hydrogens is 398 g/mol. The smallest absolute Gasteiger partial charge is 0.371 e. The zero-order valence-corrected chi connectivity index (χ0v) is 15.6. The number of carboxylic acid groups (broad SMARTS) is 1. The van der Waals surface area contributed by atoms with Crippen LogP contribution in [0, 0.1) is 0 Å². The normalized spacial score (nSPS) is 15.5. The van der Waals surface area contributed by atoms with Gasteiger partial charge in [0.15, 0.2) is 0 Å². The molecule has 0 atom stereocenters. The number of anilines is 1. The molecule has 1 aromatic carbocycles. The maximum absolute atomic E-state index is 11.1. The number of benzene rings is 1. The maximum Gasteiger partial charge on any atom is 0.371 e. The summed E-state index contributed by atoms with van der Waals surface area (Å²) >= 11 is 3.63. The van der Waals surface area contributed by atoms with Crippen molar-refractivity contribution in [1.82, 2.24) is 9.88 Å². The monoisotopic (exact) mass is 415 g/mol. The molecule has 4 rings (SSSR count). The van der Waals surface area contributed by atoms with E-state index in [0.717, 1.165) is 48.3 Å². The lowest BCUT2D eigenvalue weighted by molar-refractivity contribution is 0.0665. The summed E-state index contributed by atoms with van der Waals surface area (Å²) in [5.74, 6) is -1.10. The van der Waals surface area contributed by atoms with E-state index in [1.165, 1.54) is 5.56 Å². The number of pyridine rings is 1. The summed E-state index contributed by atoms with van der Waals surface area (Å²) < 4.78 is 6.26. The van der Waals surface area contributed by atoms with E-state index < -0.39 is 5.97 Å². The van der Waals surface area contributed by atoms with E-state index in [0.29, 0.717) is 5.58 Å². The number of carbonyl (C=O) groups is 1. The molecule has 6 nitrogen and oxygen atoms in total. The summed E-state index contributed by atoms with van der Waals surface area (Å²) in [6, 6.07) is 9.50. The molecule has 3 aromatic rings. The van der Waals surface area contributed by atoms with Crippen molar-refractivity contribution in [1.29, 1.82) is 0 Å². The van der Waals surface area contributed by atoms with Crippen LogP contribution in [0.5, 0.6) is 0 Å². The molecule has 1 aliphatic rings. The first kappa shape index (κ1) is 17.1. The van der Waals surface area contributed by atoms with Crippen LogP contribution < -0.4 is 4.90 Å². The standard InChI is InChI=1S/C19H18BrN3O3/c20-18-14-11-17(19(24)25)26-16(14)2-1-15(18)23-9-7-22(8-10-23)12-13-3-5-21-6-4-13/h1-6,11H,7-10,12H2,(H,24,25). The number of aromatic carboxylic acids is 1. The van der Waals surface area contributed by atoms with Gasteiger partial charge >= 0.3 is 5.97 Å². The van der Waals surface area contributed by atoms with Gasteiger partial charge in [0, 0.05) is 56.6 Å². The fraction of sp³-hybridized carbons (Fsp3) is 0.263. The molecule has 0 spiro atoms. The number of aromatic nitrogens is 1. The third kappa shape index (κ3) is 3.32. The lowest BCUT2D eigenvalue weighted by Crippen LogP contribution is -2.46. The molecule has 134 valence electrons. The lowest BCUT2D eigenvalue weighted by atomic mass is 10.2. The Labute approximate surface area is 159 Å². The van der Waals surface area contributed by atoms with Gasteiger partial charge in [0.2, 0.25) is 5.76 Å². The Balaban J connectivity index is 1.49. The molecule has 0 bridgehead atoms. The number of hydrogen-bond acceptors (Lipinski definition) is 5. The Morgan fingerprint density at radius 2 is 1.88 bits per heavy atom. The van der Waals surface area contributed by atoms with Gasteiger partial charge in [-0.05, 0) is 45.8 Å². The van der Waals surface area contributed by atoms with Gasteiger partial charge < -0.3 is 14.4 Å². The fourth-order valence-electron chi connectivity index (χ4n) is 3.31. The third-order valence-corrected chi connectivity index (χ3v) is 5.53. The van der Waals surface area contributed by atoms with Gasteiger partial charge in [-0.15, -0.1) is 0 Å². The maximum atomic E-state index is 11.1. The highest BCUT2D eigenvalue weighted by Crippen LogP contribution is 2.36. The predicted octanol–water partition coefficient (Wildman–Crippen LogP) is 3.61. The van der Waals surface area contributed by atoms with Gasteiger partial charge in [-0.3, -0.25) is 9.88 Å². The van der Waals surface area contributed by atoms with Gasteiger partial charge in [-0.2, -0.15) is 0 Å². The summed E-state index contributed by atoms with van der Waals surface area (Å²) in [6.45, 7) is 4.70. The second kappa shape index (κ2) is 7.09. The average Bonchev–Trinajstić information content (AvgIpc) is 3.10. The number of nitrogens with zero attached hydrogens (tertiary/aromatic N) is 3. The lowest BCUT2D eigenvalue weighted by Gasteiger charge is -2.36. The quantitative estimate of drug-likeness (QED) is 0.701. The van der Waals surface area contributed by atoms with Crippen LogP contribution >= 0.6 is 15.9 Å². The molecule has 0 aliphatic carbocycles. The van der Waals surface area contributed by atoms with Crippen LogP contribution in [-0.2, 0) is 6.54 Å². The Kier molecular flexibility index (Phi) is 4.65. The zero-order chi connectivity index (χ0) is 18.1. The predicted molar refractivity (Wildman–Crippen MR) is 103 cm³/mol. The van der Waals surface area contributed by atoms with E-state index in [9.17, 15) is 4.79 Å². The van der Waals surface area contributed by atoms with Gasteiger partial charge in [0.05, 0.1) is 10.2 Å². The number of rotatable bonds is 4. The van der Waals surface area contributed by atoms with Crippen molar-refractivity contribution in [2.24, 2.45) is 0 Å². The van der Waals surface area contributed by atoms with Crippen molar-refractivity contribution in [2.45, 2.75) is 6.54 Å². The molecule has 7 heteroatoms. The minimum Gasteiger partial charge on any atom is -0.475 e. The zero-order valence-electron chi connectivity index (χ0n) is 14.1. The summed E-state index contributed by atoms with van der Waals surface area (Å²) in [4.78, 5) is 19.9. The molecule has 26 heavy (non-hydrogen) atoms. The molecule has 1 N–H and O–H groups in total. The molecule has 1 aliphatic heterocycles. The highest BCUT2D eigenvalue weighted by atomic mass is 79.9. The summed E-state index contributed by atoms with van der Waals surface area (Å²) in [6.07, 6.45) is 3.66. The Hall–Kier alpha value is -2.38. The van der Waals surface area contributed by atoms with Crippen LogP contribution in [0.3, 0.4) is 0 Å². The second-order valence-electron chi connectivity index (χ2n) is 6.34. The molecule has 2 aromatic heterocycles. The topological polar surface area (TPSA) is 69.8 Å². The van der Waals surface area contributed by atoms with E-state index in [1.807, 2.05) is 24.5 Å². The number of fused-ring (bicyclic) bond motifs is 1. The highest BCUT2D eigenvalue weighted by Gasteiger charge is 2.21. The van der Waals surface area contributed by atoms with Crippen molar-refractivity contribution in [3.05, 3.63) is 58.5 Å². The molecular formula is C19H18BrN3O3. The van der Waals surface area contributed by atoms with E-state index in [4.69, 9.17) is 9.52 Å². The molecule has 0 amide bonds. The van der Waals surface area contributed by atoms with Crippen LogP contribution in [0.15, 0.2) is 51.6 Å². The van der Waals surface area contributed by atoms with Crippen LogP contribution in [0.25, 0.3) is 11.0 Å². The van der Waals surface area contributed by atoms with Gasteiger partial charge in [-0.1, -0.05) is 0 Å². The minimum absolute atomic E-state index is 0.0416. The van der Waals surface area contributed by atoms with Crippen molar-refractivity contribution >= 4 is 38.6 Å². The van der Waals surface area contributed by atoms with Gasteiger partial charge in [0.25, 0.3) is 0 Å². The van der Waals surface area contributed by atoms with Crippen molar-refractivity contribution < 1.29 is 14.3 Å². The van der Waals surface area contributed by atoms with Crippen molar-refractivity contribution in [3.63, 3.8) is 0 Å². The fourth-order valence-corrected chi connectivity index (χ4v) is 4.00. The van der Waals surface area contributed by atoms with Crippen molar-refractivity contribution in [2.75, 3.05) is 31.1 Å². The Bertz CT molecular complexity index is 934. The molecule has 0 radical (unpaired) electrons. The third-order valence-electron chi connectivity index (χ3n) is 4.69. The largest absolute Gasteiger partial charge is 0.475 e. The van der Waals surface area contributed by atoms with Gasteiger partial charge in [0.1, 0.15) is 5.58 Å². The van der Waals surface area contributed by atoms with E-state index in [1.54, 1.807) is 6.07 Å². The van der Waals surface area contributed by atoms with E-state index in [-0.39, 0.29) is 5.76 Å². The SMILES string of the molecule is O=C(O)c1cc2c(Br)c(N3CCN(Cc4ccncc4)CC3)ccc2o1.